The van der Waals surface area contributed by atoms with Crippen molar-refractivity contribution in [3.63, 3.8) is 0 Å². The van der Waals surface area contributed by atoms with E-state index in [-0.39, 0.29) is 10.6 Å². The van der Waals surface area contributed by atoms with Gasteiger partial charge in [0.05, 0.1) is 10.6 Å². The second kappa shape index (κ2) is 8.11. The van der Waals surface area contributed by atoms with Crippen molar-refractivity contribution in [1.29, 1.82) is 0 Å². The second-order valence-electron chi connectivity index (χ2n) is 5.90. The van der Waals surface area contributed by atoms with Crippen LogP contribution in [-0.4, -0.2) is 18.2 Å². The van der Waals surface area contributed by atoms with Crippen molar-refractivity contribution in [1.82, 2.24) is 9.78 Å². The smallest absolute Gasteiger partial charge is 0.267 e. The number of halogens is 4. The molecule has 0 fully saturated rings. The summed E-state index contributed by atoms with van der Waals surface area (Å²) in [5.41, 5.74) is 0.825. The van der Waals surface area contributed by atoms with Crippen LogP contribution in [0.15, 0.2) is 59.5 Å². The molecule has 0 saturated carbocycles. The van der Waals surface area contributed by atoms with Crippen molar-refractivity contribution in [2.75, 3.05) is 0 Å². The molecule has 2 N–H and O–H groups in total. The molecule has 5 nitrogen and oxygen atoms in total. The normalized spacial score (nSPS) is 11.7. The Bertz CT molecular complexity index is 1040. The van der Waals surface area contributed by atoms with Gasteiger partial charge in [0.2, 0.25) is 10.0 Å². The van der Waals surface area contributed by atoms with Crippen molar-refractivity contribution < 1.29 is 26.0 Å². The third-order valence-corrected chi connectivity index (χ3v) is 4.59. The Balaban J connectivity index is 0.000000221. The molecule has 0 amide bonds. The van der Waals surface area contributed by atoms with Crippen molar-refractivity contribution in [2.45, 2.75) is 18.0 Å². The average Bonchev–Trinajstić information content (AvgIpc) is 2.98. The largest absolute Gasteiger partial charge is 0.435 e. The van der Waals surface area contributed by atoms with Gasteiger partial charge in [0.15, 0.2) is 5.69 Å². The molecule has 0 radical (unpaired) electrons. The molecular formula is C18H17F4N3O2S. The number of sulfonamides is 1. The van der Waals surface area contributed by atoms with E-state index in [1.54, 1.807) is 12.1 Å². The predicted octanol–water partition coefficient (Wildman–Crippen LogP) is 3.89. The molecule has 0 unspecified atom stereocenters. The van der Waals surface area contributed by atoms with E-state index in [1.807, 2.05) is 6.92 Å². The molecule has 3 aromatic rings. The van der Waals surface area contributed by atoms with Gasteiger partial charge in [-0.15, -0.1) is 0 Å². The van der Waals surface area contributed by atoms with Crippen LogP contribution in [0.2, 0.25) is 0 Å². The maximum absolute atomic E-state index is 12.7. The molecule has 10 heteroatoms. The first-order valence-corrected chi connectivity index (χ1v) is 9.39. The van der Waals surface area contributed by atoms with E-state index in [9.17, 15) is 26.0 Å². The van der Waals surface area contributed by atoms with Gasteiger partial charge in [-0.05, 0) is 55.0 Å². The first-order chi connectivity index (χ1) is 12.9. The fourth-order valence-corrected chi connectivity index (χ4v) is 2.74. The molecule has 150 valence electrons. The summed E-state index contributed by atoms with van der Waals surface area (Å²) in [5, 5.41) is 8.26. The van der Waals surface area contributed by atoms with E-state index < -0.39 is 27.7 Å². The third kappa shape index (κ3) is 5.64. The Labute approximate surface area is 159 Å². The maximum atomic E-state index is 12.7. The first-order valence-electron chi connectivity index (χ1n) is 7.84. The van der Waals surface area contributed by atoms with Crippen LogP contribution >= 0.6 is 0 Å². The number of nitrogens with two attached hydrogens (primary N) is 1. The van der Waals surface area contributed by atoms with Crippen LogP contribution in [0.4, 0.5) is 17.6 Å². The van der Waals surface area contributed by atoms with Crippen molar-refractivity contribution >= 4 is 10.0 Å². The Morgan fingerprint density at radius 3 is 1.96 bits per heavy atom. The van der Waals surface area contributed by atoms with Crippen LogP contribution < -0.4 is 5.14 Å². The molecular weight excluding hydrogens is 398 g/mol. The molecule has 0 aliphatic rings. The summed E-state index contributed by atoms with van der Waals surface area (Å²) in [6.45, 7) is 1.88. The van der Waals surface area contributed by atoms with E-state index in [0.717, 1.165) is 16.3 Å². The molecule has 0 bridgehead atoms. The van der Waals surface area contributed by atoms with Gasteiger partial charge in [0, 0.05) is 7.05 Å². The van der Waals surface area contributed by atoms with E-state index in [0.29, 0.717) is 5.56 Å². The highest BCUT2D eigenvalue weighted by Gasteiger charge is 2.34. The Kier molecular flexibility index (Phi) is 6.25. The minimum absolute atomic E-state index is 0.156. The quantitative estimate of drug-likeness (QED) is 0.645. The number of nitrogens with zero attached hydrogens (tertiary/aromatic N) is 2. The molecule has 28 heavy (non-hydrogen) atoms. The number of aryl methyl sites for hydroxylation is 2. The number of hydrogen-bond donors (Lipinski definition) is 1. The van der Waals surface area contributed by atoms with E-state index in [1.165, 1.54) is 43.4 Å². The van der Waals surface area contributed by atoms with Crippen LogP contribution in [0.3, 0.4) is 0 Å². The minimum Gasteiger partial charge on any atom is -0.267 e. The highest BCUT2D eigenvalue weighted by atomic mass is 32.2. The summed E-state index contributed by atoms with van der Waals surface area (Å²) in [7, 11) is -2.11. The Morgan fingerprint density at radius 1 is 1.00 bits per heavy atom. The van der Waals surface area contributed by atoms with E-state index in [2.05, 4.69) is 5.10 Å². The average molecular weight is 415 g/mol. The van der Waals surface area contributed by atoms with Crippen molar-refractivity contribution in [2.24, 2.45) is 12.2 Å². The number of alkyl halides is 3. The molecule has 0 atom stereocenters. The van der Waals surface area contributed by atoms with Gasteiger partial charge in [-0.25, -0.2) is 17.9 Å². The zero-order chi connectivity index (χ0) is 21.1. The zero-order valence-electron chi connectivity index (χ0n) is 14.9. The summed E-state index contributed by atoms with van der Waals surface area (Å²) >= 11 is 0. The molecule has 1 aromatic heterocycles. The summed E-state index contributed by atoms with van der Waals surface area (Å²) < 4.78 is 72.5. The highest BCUT2D eigenvalue weighted by Crippen LogP contribution is 2.31. The van der Waals surface area contributed by atoms with Gasteiger partial charge in [-0.1, -0.05) is 17.7 Å². The lowest BCUT2D eigenvalue weighted by atomic mass is 10.1. The van der Waals surface area contributed by atoms with Crippen molar-refractivity contribution in [3.05, 3.63) is 71.7 Å². The summed E-state index contributed by atoms with van der Waals surface area (Å²) in [6.07, 6.45) is -4.48. The number of aromatic nitrogens is 2. The Morgan fingerprint density at radius 2 is 1.54 bits per heavy atom. The standard InChI is InChI=1S/C11H8F4N2.C7H9NO2S/c1-17-9(6-10(16-17)11(13,14)15)7-2-4-8(12)5-3-7;1-6-2-4-7(5-3-6)11(8,9)10/h2-6H,1H3;2-5H,1H3,(H2,8,9,10). The predicted molar refractivity (Wildman–Crippen MR) is 96.2 cm³/mol. The molecule has 2 aromatic carbocycles. The van der Waals surface area contributed by atoms with Gasteiger partial charge in [0.25, 0.3) is 0 Å². The maximum Gasteiger partial charge on any atom is 0.435 e. The van der Waals surface area contributed by atoms with Crippen LogP contribution in [0, 0.1) is 12.7 Å². The number of hydrogen-bond acceptors (Lipinski definition) is 3. The molecule has 1 heterocycles. The lowest BCUT2D eigenvalue weighted by molar-refractivity contribution is -0.141. The van der Waals surface area contributed by atoms with E-state index >= 15 is 0 Å². The zero-order valence-corrected chi connectivity index (χ0v) is 15.7. The second-order valence-corrected chi connectivity index (χ2v) is 7.46. The minimum atomic E-state index is -4.48. The Hall–Kier alpha value is -2.72. The first kappa shape index (κ1) is 21.6. The lowest BCUT2D eigenvalue weighted by Gasteiger charge is -2.00. The van der Waals surface area contributed by atoms with E-state index in [4.69, 9.17) is 5.14 Å². The third-order valence-electron chi connectivity index (χ3n) is 3.66. The highest BCUT2D eigenvalue weighted by molar-refractivity contribution is 7.89. The summed E-state index contributed by atoms with van der Waals surface area (Å²) in [6, 6.07) is 12.5. The molecule has 0 aliphatic carbocycles. The van der Waals surface area contributed by atoms with Crippen LogP contribution in [0.25, 0.3) is 11.3 Å². The topological polar surface area (TPSA) is 78.0 Å². The fourth-order valence-electron chi connectivity index (χ4n) is 2.22. The summed E-state index contributed by atoms with van der Waals surface area (Å²) in [5.74, 6) is -0.438. The molecule has 0 aliphatic heterocycles. The van der Waals surface area contributed by atoms with Gasteiger partial charge in [0.1, 0.15) is 5.82 Å². The van der Waals surface area contributed by atoms with Crippen LogP contribution in [0.1, 0.15) is 11.3 Å². The molecule has 0 saturated heterocycles. The van der Waals surface area contributed by atoms with Gasteiger partial charge in [-0.3, -0.25) is 4.68 Å². The SMILES string of the molecule is Cc1ccc(S(N)(=O)=O)cc1.Cn1nc(C(F)(F)F)cc1-c1ccc(F)cc1. The van der Waals surface area contributed by atoms with Crippen LogP contribution in [-0.2, 0) is 23.2 Å². The van der Waals surface area contributed by atoms with Gasteiger partial charge >= 0.3 is 6.18 Å². The number of rotatable bonds is 2. The van der Waals surface area contributed by atoms with Crippen molar-refractivity contribution in [3.8, 4) is 11.3 Å². The van der Waals surface area contributed by atoms with Gasteiger partial charge in [-0.2, -0.15) is 18.3 Å². The number of benzene rings is 2. The number of primary sulfonamides is 1. The lowest BCUT2D eigenvalue weighted by Crippen LogP contribution is -2.11. The summed E-state index contributed by atoms with van der Waals surface area (Å²) in [4.78, 5) is 0.156. The molecule has 0 spiro atoms. The van der Waals surface area contributed by atoms with Gasteiger partial charge < -0.3 is 0 Å². The fraction of sp³-hybridized carbons (Fsp3) is 0.167. The molecule has 3 rings (SSSR count). The monoisotopic (exact) mass is 415 g/mol. The van der Waals surface area contributed by atoms with Crippen LogP contribution in [0.5, 0.6) is 0 Å².